The second kappa shape index (κ2) is 9.47. The van der Waals surface area contributed by atoms with Gasteiger partial charge in [0.1, 0.15) is 12.4 Å². The topological polar surface area (TPSA) is 95.8 Å². The van der Waals surface area contributed by atoms with Crippen molar-refractivity contribution in [2.45, 2.75) is 39.8 Å². The number of fused-ring (bicyclic) bond motifs is 1. The van der Waals surface area contributed by atoms with Gasteiger partial charge in [0.25, 0.3) is 0 Å². The number of thiazole rings is 1. The van der Waals surface area contributed by atoms with E-state index in [1.807, 2.05) is 41.3 Å². The van der Waals surface area contributed by atoms with Gasteiger partial charge in [-0.15, -0.1) is 11.3 Å². The first-order chi connectivity index (χ1) is 16.5. The molecule has 0 spiro atoms. The Balaban J connectivity index is 1.69. The zero-order valence-corrected chi connectivity index (χ0v) is 21.5. The van der Waals surface area contributed by atoms with E-state index in [4.69, 9.17) is 26.7 Å². The minimum Gasteiger partial charge on any atom is -0.462 e. The summed E-state index contributed by atoms with van der Waals surface area (Å²) in [6, 6.07) is 10.2. The van der Waals surface area contributed by atoms with E-state index in [0.717, 1.165) is 16.6 Å². The van der Waals surface area contributed by atoms with Crippen LogP contribution in [0, 0.1) is 16.6 Å². The number of nitrogens with one attached hydrogen (secondary N) is 3. The Morgan fingerprint density at radius 1 is 1.29 bits per heavy atom. The number of esters is 1. The lowest BCUT2D eigenvalue weighted by molar-refractivity contribution is -0.154. The van der Waals surface area contributed by atoms with Crippen molar-refractivity contribution in [3.8, 4) is 0 Å². The van der Waals surface area contributed by atoms with E-state index in [0.29, 0.717) is 22.9 Å². The van der Waals surface area contributed by atoms with Crippen LogP contribution in [0.1, 0.15) is 38.8 Å². The number of ether oxygens (including phenoxy) is 1. The van der Waals surface area contributed by atoms with E-state index in [-0.39, 0.29) is 17.6 Å². The fourth-order valence-corrected chi connectivity index (χ4v) is 4.39. The van der Waals surface area contributed by atoms with Gasteiger partial charge in [-0.1, -0.05) is 29.8 Å². The number of carbonyl (C=O) groups excluding carboxylic acids is 1. The second-order valence-corrected chi connectivity index (χ2v) is 10.9. The molecule has 2 aromatic heterocycles. The molecule has 0 bridgehead atoms. The van der Waals surface area contributed by atoms with E-state index < -0.39 is 16.8 Å². The smallest absolute Gasteiger partial charge is 0.311 e. The predicted octanol–water partition coefficient (Wildman–Crippen LogP) is 5.66. The van der Waals surface area contributed by atoms with Crippen molar-refractivity contribution in [1.29, 1.82) is 5.41 Å². The van der Waals surface area contributed by atoms with Gasteiger partial charge in [-0.25, -0.2) is 9.37 Å². The van der Waals surface area contributed by atoms with Crippen LogP contribution in [0.25, 0.3) is 11.0 Å². The number of aromatic amines is 1. The average Bonchev–Trinajstić information content (AvgIpc) is 3.39. The summed E-state index contributed by atoms with van der Waals surface area (Å²) in [4.78, 5) is 21.0. The number of halogens is 2. The number of imidazole rings is 1. The van der Waals surface area contributed by atoms with Gasteiger partial charge in [-0.05, 0) is 57.0 Å². The van der Waals surface area contributed by atoms with Crippen LogP contribution in [0.3, 0.4) is 0 Å². The van der Waals surface area contributed by atoms with E-state index in [1.165, 1.54) is 23.5 Å². The molecule has 0 amide bonds. The Morgan fingerprint density at radius 2 is 2.06 bits per heavy atom. The summed E-state index contributed by atoms with van der Waals surface area (Å²) in [5, 5.41) is 13.2. The van der Waals surface area contributed by atoms with Crippen molar-refractivity contribution in [3.63, 3.8) is 0 Å². The van der Waals surface area contributed by atoms with Crippen LogP contribution in [0.5, 0.6) is 0 Å². The molecule has 3 N–H and O–H groups in total. The summed E-state index contributed by atoms with van der Waals surface area (Å²) in [6.07, 6.45) is 1.87. The first kappa shape index (κ1) is 24.9. The molecule has 0 radical (unpaired) electrons. The number of para-hydroxylation sites is 1. The Hall–Kier alpha value is -3.17. The normalized spacial score (nSPS) is 13.5. The van der Waals surface area contributed by atoms with Gasteiger partial charge in [-0.2, -0.15) is 0 Å². The van der Waals surface area contributed by atoms with Crippen LogP contribution >= 0.6 is 22.9 Å². The van der Waals surface area contributed by atoms with Crippen molar-refractivity contribution < 1.29 is 13.9 Å². The van der Waals surface area contributed by atoms with Crippen molar-refractivity contribution in [1.82, 2.24) is 14.5 Å². The average molecular weight is 516 g/mol. The van der Waals surface area contributed by atoms with Crippen molar-refractivity contribution in [3.05, 3.63) is 74.7 Å². The Bertz CT molecular complexity index is 1440. The first-order valence-electron chi connectivity index (χ1n) is 11.0. The lowest BCUT2D eigenvalue weighted by Crippen LogP contribution is -2.40. The number of benzene rings is 2. The number of hydrogen-bond acceptors (Lipinski definition) is 6. The molecule has 35 heavy (non-hydrogen) atoms. The van der Waals surface area contributed by atoms with Gasteiger partial charge in [-0.3, -0.25) is 10.2 Å². The van der Waals surface area contributed by atoms with Gasteiger partial charge >= 0.3 is 5.97 Å². The molecule has 10 heteroatoms. The van der Waals surface area contributed by atoms with Crippen molar-refractivity contribution in [2.75, 3.05) is 11.9 Å². The Kier molecular flexibility index (Phi) is 6.75. The van der Waals surface area contributed by atoms with Crippen LogP contribution in [0.2, 0.25) is 5.02 Å². The molecule has 0 aliphatic heterocycles. The fraction of sp³-hybridized carbons (Fsp3) is 0.320. The molecule has 4 rings (SSSR count). The van der Waals surface area contributed by atoms with E-state index >= 15 is 0 Å². The van der Waals surface area contributed by atoms with Gasteiger partial charge in [0.05, 0.1) is 33.6 Å². The highest BCUT2D eigenvalue weighted by Crippen LogP contribution is 2.31. The summed E-state index contributed by atoms with van der Waals surface area (Å²) >= 11 is 7.43. The highest BCUT2D eigenvalue weighted by atomic mass is 35.5. The monoisotopic (exact) mass is 515 g/mol. The molecule has 0 saturated heterocycles. The van der Waals surface area contributed by atoms with Gasteiger partial charge in [0.15, 0.2) is 4.80 Å². The number of nitrogens with zero attached hydrogens (tertiary/aromatic N) is 2. The maximum absolute atomic E-state index is 13.9. The molecule has 2 aromatic carbocycles. The minimum absolute atomic E-state index is 0.0245. The lowest BCUT2D eigenvalue weighted by atomic mass is 9.92. The number of H-pyrrole nitrogens is 1. The third-order valence-electron chi connectivity index (χ3n) is 5.67. The van der Waals surface area contributed by atoms with Crippen LogP contribution < -0.4 is 10.1 Å². The molecule has 0 aliphatic carbocycles. The highest BCUT2D eigenvalue weighted by molar-refractivity contribution is 7.06. The molecule has 0 aliphatic rings. The number of aromatic nitrogens is 3. The second-order valence-electron chi connectivity index (χ2n) is 9.65. The number of anilines is 1. The molecule has 2 heterocycles. The molecule has 7 nitrogen and oxygen atoms in total. The van der Waals surface area contributed by atoms with Gasteiger partial charge in [0, 0.05) is 11.6 Å². The zero-order valence-electron chi connectivity index (χ0n) is 19.9. The first-order valence-corrected chi connectivity index (χ1v) is 12.3. The molecular weight excluding hydrogens is 489 g/mol. The summed E-state index contributed by atoms with van der Waals surface area (Å²) in [5.74, 6) is -0.425. The Labute approximate surface area is 211 Å². The molecule has 1 unspecified atom stereocenters. The summed E-state index contributed by atoms with van der Waals surface area (Å²) in [6.45, 7) is 7.67. The van der Waals surface area contributed by atoms with Crippen LogP contribution in [-0.2, 0) is 21.6 Å². The largest absolute Gasteiger partial charge is 0.462 e. The summed E-state index contributed by atoms with van der Waals surface area (Å²) < 4.78 is 21.4. The standard InChI is InChI=1S/C25H27ClFN5O2S/c1-24(2,3)21(33)34-14-25(4,16-8-9-18(27)17(26)12-16)31-23-29-19-7-5-6-15(20(19)30-23)13-32-10-11-35-22(32)28/h5-12,28H,13-14H2,1-4H3,(H2,29,30,31). The third-order valence-corrected chi connectivity index (χ3v) is 6.68. The van der Waals surface area contributed by atoms with E-state index in [2.05, 4.69) is 10.3 Å². The minimum atomic E-state index is -0.956. The summed E-state index contributed by atoms with van der Waals surface area (Å²) in [7, 11) is 0. The maximum atomic E-state index is 13.9. The van der Waals surface area contributed by atoms with Crippen molar-refractivity contribution >= 4 is 45.9 Å². The lowest BCUT2D eigenvalue weighted by Gasteiger charge is -2.32. The number of carbonyl (C=O) groups is 1. The quantitative estimate of drug-likeness (QED) is 0.277. The van der Waals surface area contributed by atoms with Crippen molar-refractivity contribution in [2.24, 2.45) is 5.41 Å². The zero-order chi connectivity index (χ0) is 25.4. The van der Waals surface area contributed by atoms with Gasteiger partial charge in [0.2, 0.25) is 5.95 Å². The molecule has 4 aromatic rings. The maximum Gasteiger partial charge on any atom is 0.311 e. The van der Waals surface area contributed by atoms with Gasteiger partial charge < -0.3 is 19.6 Å². The molecular formula is C25H27ClFN5O2S. The molecule has 0 fully saturated rings. The summed E-state index contributed by atoms with van der Waals surface area (Å²) in [5.41, 5.74) is 1.54. The SMILES string of the molecule is CC(C)(C)C(=O)OCC(C)(Nc1nc2c(Cn3ccsc3=N)cccc2[nH]1)c1ccc(F)c(Cl)c1. The number of hydrogen-bond donors (Lipinski definition) is 3. The van der Waals surface area contributed by atoms with Crippen LogP contribution in [0.15, 0.2) is 48.0 Å². The van der Waals surface area contributed by atoms with Crippen LogP contribution in [0.4, 0.5) is 10.3 Å². The predicted molar refractivity (Wildman–Crippen MR) is 136 cm³/mol. The number of rotatable bonds is 7. The highest BCUT2D eigenvalue weighted by Gasteiger charge is 2.33. The third kappa shape index (κ3) is 5.41. The molecule has 1 atom stereocenters. The van der Waals surface area contributed by atoms with E-state index in [1.54, 1.807) is 26.8 Å². The molecule has 0 saturated carbocycles. The fourth-order valence-electron chi connectivity index (χ4n) is 3.61. The molecule has 184 valence electrons. The van der Waals surface area contributed by atoms with Crippen LogP contribution in [-0.4, -0.2) is 27.1 Å². The Morgan fingerprint density at radius 3 is 2.71 bits per heavy atom. The van der Waals surface area contributed by atoms with E-state index in [9.17, 15) is 9.18 Å².